The van der Waals surface area contributed by atoms with E-state index in [0.717, 1.165) is 35.9 Å². The second-order valence-electron chi connectivity index (χ2n) is 8.45. The van der Waals surface area contributed by atoms with Gasteiger partial charge in [0.15, 0.2) is 0 Å². The van der Waals surface area contributed by atoms with Crippen molar-refractivity contribution >= 4 is 28.9 Å². The molecule has 2 aliphatic heterocycles. The molecule has 2 aliphatic rings. The van der Waals surface area contributed by atoms with Crippen LogP contribution in [0.2, 0.25) is 0 Å². The fraction of sp³-hybridized carbons (Fsp3) is 0.417. The monoisotopic (exact) mass is 391 g/mol. The second kappa shape index (κ2) is 8.27. The summed E-state index contributed by atoms with van der Waals surface area (Å²) >= 11 is 0. The van der Waals surface area contributed by atoms with Crippen LogP contribution in [0.3, 0.4) is 0 Å². The van der Waals surface area contributed by atoms with Crippen LogP contribution >= 0.6 is 0 Å². The molecule has 0 aliphatic carbocycles. The Morgan fingerprint density at radius 1 is 1.03 bits per heavy atom. The number of hydrogen-bond acceptors (Lipinski definition) is 3. The van der Waals surface area contributed by atoms with Crippen molar-refractivity contribution in [1.82, 2.24) is 0 Å². The first-order chi connectivity index (χ1) is 14.0. The van der Waals surface area contributed by atoms with E-state index in [1.165, 1.54) is 18.5 Å². The molecule has 0 spiro atoms. The number of carbonyl (C=O) groups is 2. The van der Waals surface area contributed by atoms with Crippen LogP contribution in [-0.4, -0.2) is 31.4 Å². The van der Waals surface area contributed by atoms with Gasteiger partial charge < -0.3 is 15.1 Å². The molecule has 0 saturated carbocycles. The highest BCUT2D eigenvalue weighted by Gasteiger charge is 2.35. The van der Waals surface area contributed by atoms with Crippen LogP contribution in [0.5, 0.6) is 0 Å². The van der Waals surface area contributed by atoms with Crippen molar-refractivity contribution < 1.29 is 9.59 Å². The molecule has 0 radical (unpaired) electrons. The predicted octanol–water partition coefficient (Wildman–Crippen LogP) is 4.22. The van der Waals surface area contributed by atoms with E-state index in [2.05, 4.69) is 29.3 Å². The lowest BCUT2D eigenvalue weighted by Gasteiger charge is -2.32. The molecule has 2 heterocycles. The SMILES string of the molecule is Cc1cccc(N2C[C@H](C(=O)Nc3ccc(N4CCC(C)CC4)cc3)CC2=O)c1. The number of rotatable bonds is 4. The Hall–Kier alpha value is -2.82. The normalized spacial score (nSPS) is 20.2. The Morgan fingerprint density at radius 3 is 2.45 bits per heavy atom. The lowest BCUT2D eigenvalue weighted by Crippen LogP contribution is -2.32. The minimum absolute atomic E-state index is 0.00502. The number of carbonyl (C=O) groups excluding carboxylic acids is 2. The predicted molar refractivity (Wildman–Crippen MR) is 117 cm³/mol. The van der Waals surface area contributed by atoms with E-state index in [0.29, 0.717) is 6.54 Å². The fourth-order valence-corrected chi connectivity index (χ4v) is 4.20. The third-order valence-electron chi connectivity index (χ3n) is 6.09. The lowest BCUT2D eigenvalue weighted by atomic mass is 9.99. The molecule has 1 N–H and O–H groups in total. The number of nitrogens with one attached hydrogen (secondary N) is 1. The van der Waals surface area contributed by atoms with Crippen molar-refractivity contribution in [3.63, 3.8) is 0 Å². The number of aryl methyl sites for hydroxylation is 1. The number of nitrogens with zero attached hydrogens (tertiary/aromatic N) is 2. The first kappa shape index (κ1) is 19.5. The summed E-state index contributed by atoms with van der Waals surface area (Å²) in [5, 5.41) is 2.99. The average molecular weight is 392 g/mol. The van der Waals surface area contributed by atoms with Crippen molar-refractivity contribution in [3.05, 3.63) is 54.1 Å². The van der Waals surface area contributed by atoms with Crippen LogP contribution in [0, 0.1) is 18.8 Å². The molecule has 4 rings (SSSR count). The lowest BCUT2D eigenvalue weighted by molar-refractivity contribution is -0.122. The zero-order valence-electron chi connectivity index (χ0n) is 17.2. The summed E-state index contributed by atoms with van der Waals surface area (Å²) in [5.74, 6) is 0.392. The molecular weight excluding hydrogens is 362 g/mol. The summed E-state index contributed by atoms with van der Waals surface area (Å²) < 4.78 is 0. The van der Waals surface area contributed by atoms with E-state index < -0.39 is 0 Å². The van der Waals surface area contributed by atoms with Gasteiger partial charge in [0.2, 0.25) is 11.8 Å². The molecule has 0 unspecified atom stereocenters. The van der Waals surface area contributed by atoms with Gasteiger partial charge in [-0.25, -0.2) is 0 Å². The van der Waals surface area contributed by atoms with Gasteiger partial charge in [-0.05, 0) is 67.6 Å². The molecular formula is C24H29N3O2. The Balaban J connectivity index is 1.36. The van der Waals surface area contributed by atoms with Gasteiger partial charge in [0.25, 0.3) is 0 Å². The topological polar surface area (TPSA) is 52.7 Å². The van der Waals surface area contributed by atoms with E-state index in [1.807, 2.05) is 43.3 Å². The minimum Gasteiger partial charge on any atom is -0.372 e. The number of hydrogen-bond donors (Lipinski definition) is 1. The van der Waals surface area contributed by atoms with Gasteiger partial charge in [-0.15, -0.1) is 0 Å². The van der Waals surface area contributed by atoms with Crippen molar-refractivity contribution in [3.8, 4) is 0 Å². The molecule has 1 atom stereocenters. The third kappa shape index (κ3) is 4.44. The van der Waals surface area contributed by atoms with E-state index in [-0.39, 0.29) is 24.2 Å². The molecule has 0 bridgehead atoms. The van der Waals surface area contributed by atoms with Crippen LogP contribution in [0.1, 0.15) is 31.7 Å². The van der Waals surface area contributed by atoms with Gasteiger partial charge in [0.1, 0.15) is 0 Å². The van der Waals surface area contributed by atoms with Crippen molar-refractivity contribution in [2.75, 3.05) is 34.8 Å². The molecule has 2 aromatic carbocycles. The number of piperidine rings is 1. The highest BCUT2D eigenvalue weighted by atomic mass is 16.2. The fourth-order valence-electron chi connectivity index (χ4n) is 4.20. The Bertz CT molecular complexity index is 885. The maximum atomic E-state index is 12.7. The zero-order valence-corrected chi connectivity index (χ0v) is 17.2. The van der Waals surface area contributed by atoms with Gasteiger partial charge in [0, 0.05) is 43.1 Å². The molecule has 2 amide bonds. The summed E-state index contributed by atoms with van der Waals surface area (Å²) in [7, 11) is 0. The van der Waals surface area contributed by atoms with Gasteiger partial charge in [-0.3, -0.25) is 9.59 Å². The van der Waals surface area contributed by atoms with Gasteiger partial charge in [-0.2, -0.15) is 0 Å². The van der Waals surface area contributed by atoms with Gasteiger partial charge in [-0.1, -0.05) is 19.1 Å². The Labute approximate surface area is 172 Å². The zero-order chi connectivity index (χ0) is 20.4. The minimum atomic E-state index is -0.328. The molecule has 5 heteroatoms. The van der Waals surface area contributed by atoms with Gasteiger partial charge in [0.05, 0.1) is 5.92 Å². The Morgan fingerprint density at radius 2 is 1.76 bits per heavy atom. The third-order valence-corrected chi connectivity index (χ3v) is 6.09. The second-order valence-corrected chi connectivity index (χ2v) is 8.45. The van der Waals surface area contributed by atoms with Crippen molar-refractivity contribution in [2.24, 2.45) is 11.8 Å². The number of amides is 2. The van der Waals surface area contributed by atoms with Crippen LogP contribution in [0.4, 0.5) is 17.1 Å². The summed E-state index contributed by atoms with van der Waals surface area (Å²) in [6.07, 6.45) is 2.71. The van der Waals surface area contributed by atoms with Crippen molar-refractivity contribution in [2.45, 2.75) is 33.1 Å². The van der Waals surface area contributed by atoms with Crippen molar-refractivity contribution in [1.29, 1.82) is 0 Å². The maximum absolute atomic E-state index is 12.7. The molecule has 29 heavy (non-hydrogen) atoms. The standard InChI is InChI=1S/C24H29N3O2/c1-17-10-12-26(13-11-17)21-8-6-20(7-9-21)25-24(29)19-15-23(28)27(16-19)22-5-3-4-18(2)14-22/h3-9,14,17,19H,10-13,15-16H2,1-2H3,(H,25,29)/t19-/m1/s1. The Kier molecular flexibility index (Phi) is 5.56. The number of benzene rings is 2. The summed E-state index contributed by atoms with van der Waals surface area (Å²) in [6.45, 7) is 6.92. The van der Waals surface area contributed by atoms with Crippen LogP contribution in [0.15, 0.2) is 48.5 Å². The summed E-state index contributed by atoms with van der Waals surface area (Å²) in [6, 6.07) is 15.9. The molecule has 2 saturated heterocycles. The molecule has 2 aromatic rings. The van der Waals surface area contributed by atoms with E-state index in [9.17, 15) is 9.59 Å². The first-order valence-electron chi connectivity index (χ1n) is 10.5. The first-order valence-corrected chi connectivity index (χ1v) is 10.5. The number of anilines is 3. The summed E-state index contributed by atoms with van der Waals surface area (Å²) in [5.41, 5.74) is 3.96. The van der Waals surface area contributed by atoms with Crippen LogP contribution in [-0.2, 0) is 9.59 Å². The quantitative estimate of drug-likeness (QED) is 0.849. The van der Waals surface area contributed by atoms with E-state index >= 15 is 0 Å². The van der Waals surface area contributed by atoms with Crippen LogP contribution in [0.25, 0.3) is 0 Å². The summed E-state index contributed by atoms with van der Waals surface area (Å²) in [4.78, 5) is 29.3. The average Bonchev–Trinajstić information content (AvgIpc) is 3.11. The molecule has 5 nitrogen and oxygen atoms in total. The highest BCUT2D eigenvalue weighted by Crippen LogP contribution is 2.28. The smallest absolute Gasteiger partial charge is 0.229 e. The molecule has 152 valence electrons. The van der Waals surface area contributed by atoms with Crippen LogP contribution < -0.4 is 15.1 Å². The maximum Gasteiger partial charge on any atom is 0.229 e. The van der Waals surface area contributed by atoms with E-state index in [4.69, 9.17) is 0 Å². The molecule has 2 fully saturated rings. The molecule has 0 aromatic heterocycles. The van der Waals surface area contributed by atoms with E-state index in [1.54, 1.807) is 4.90 Å². The highest BCUT2D eigenvalue weighted by molar-refractivity contribution is 6.03. The van der Waals surface area contributed by atoms with Gasteiger partial charge >= 0.3 is 0 Å². The largest absolute Gasteiger partial charge is 0.372 e.